The molecule has 19 heavy (non-hydrogen) atoms. The number of amides is 2. The van der Waals surface area contributed by atoms with Gasteiger partial charge in [-0.1, -0.05) is 12.1 Å². The lowest BCUT2D eigenvalue weighted by atomic mass is 10.2. The quantitative estimate of drug-likeness (QED) is 0.612. The highest BCUT2D eigenvalue weighted by Gasteiger charge is 2.38. The lowest BCUT2D eigenvalue weighted by Crippen LogP contribution is -2.41. The smallest absolute Gasteiger partial charge is 0.350 e. The summed E-state index contributed by atoms with van der Waals surface area (Å²) in [5.74, 6) is -2.41. The summed E-state index contributed by atoms with van der Waals surface area (Å²) in [6.07, 6.45) is -4.90. The van der Waals surface area contributed by atoms with Crippen LogP contribution in [0.1, 0.15) is 10.4 Å². The molecular weight excluding hydrogens is 376 g/mol. The number of alkyl halides is 3. The van der Waals surface area contributed by atoms with E-state index in [4.69, 9.17) is 0 Å². The van der Waals surface area contributed by atoms with Gasteiger partial charge in [0.05, 0.1) is 5.56 Å². The van der Waals surface area contributed by atoms with Crippen molar-refractivity contribution in [2.75, 3.05) is 13.1 Å². The molecule has 0 bridgehead atoms. The molecule has 1 aromatic rings. The fourth-order valence-corrected chi connectivity index (χ4v) is 1.83. The van der Waals surface area contributed by atoms with Gasteiger partial charge in [0, 0.05) is 16.7 Å². The monoisotopic (exact) mass is 386 g/mol. The van der Waals surface area contributed by atoms with Crippen molar-refractivity contribution in [1.29, 1.82) is 0 Å². The van der Waals surface area contributed by atoms with Crippen LogP contribution in [0.25, 0.3) is 0 Å². The van der Waals surface area contributed by atoms with E-state index in [1.807, 2.05) is 22.6 Å². The SMILES string of the molecule is O=C(NCCNC(=O)C(F)(F)F)c1ccccc1I. The van der Waals surface area contributed by atoms with Gasteiger partial charge in [-0.2, -0.15) is 13.2 Å². The zero-order valence-corrected chi connectivity index (χ0v) is 11.7. The van der Waals surface area contributed by atoms with Gasteiger partial charge in [0.2, 0.25) is 0 Å². The van der Waals surface area contributed by atoms with E-state index in [1.165, 1.54) is 0 Å². The van der Waals surface area contributed by atoms with Crippen LogP contribution in [0, 0.1) is 3.57 Å². The van der Waals surface area contributed by atoms with E-state index >= 15 is 0 Å². The summed E-state index contributed by atoms with van der Waals surface area (Å²) in [6.45, 7) is -0.362. The first-order valence-corrected chi connectivity index (χ1v) is 6.28. The largest absolute Gasteiger partial charge is 0.471 e. The van der Waals surface area contributed by atoms with Crippen molar-refractivity contribution in [1.82, 2.24) is 10.6 Å². The van der Waals surface area contributed by atoms with Crippen molar-refractivity contribution < 1.29 is 22.8 Å². The van der Waals surface area contributed by atoms with Gasteiger partial charge in [-0.05, 0) is 34.7 Å². The van der Waals surface area contributed by atoms with Gasteiger partial charge in [0.15, 0.2) is 0 Å². The first kappa shape index (κ1) is 15.7. The predicted octanol–water partition coefficient (Wildman–Crippen LogP) is 1.70. The van der Waals surface area contributed by atoms with Crippen LogP contribution in [0.15, 0.2) is 24.3 Å². The number of nitrogens with one attached hydrogen (secondary N) is 2. The summed E-state index contributed by atoms with van der Waals surface area (Å²) in [5, 5.41) is 4.08. The van der Waals surface area contributed by atoms with E-state index in [1.54, 1.807) is 29.6 Å². The Balaban J connectivity index is 2.37. The molecule has 0 unspecified atom stereocenters. The molecule has 0 heterocycles. The Morgan fingerprint density at radius 3 is 2.26 bits per heavy atom. The molecule has 0 saturated heterocycles. The second-order valence-corrected chi connectivity index (χ2v) is 4.65. The summed E-state index contributed by atoms with van der Waals surface area (Å²) < 4.78 is 36.3. The molecule has 0 saturated carbocycles. The average Bonchev–Trinajstić information content (AvgIpc) is 2.33. The molecular formula is C11H10F3IN2O2. The number of benzene rings is 1. The number of hydrogen-bond acceptors (Lipinski definition) is 2. The maximum Gasteiger partial charge on any atom is 0.471 e. The van der Waals surface area contributed by atoms with Crippen molar-refractivity contribution in [2.24, 2.45) is 0 Å². The van der Waals surface area contributed by atoms with Gasteiger partial charge in [-0.3, -0.25) is 9.59 Å². The van der Waals surface area contributed by atoms with E-state index in [2.05, 4.69) is 5.32 Å². The maximum absolute atomic E-state index is 11.9. The zero-order valence-electron chi connectivity index (χ0n) is 9.55. The van der Waals surface area contributed by atoms with E-state index < -0.39 is 18.0 Å². The molecule has 2 N–H and O–H groups in total. The zero-order chi connectivity index (χ0) is 14.5. The Hall–Kier alpha value is -1.32. The number of halogens is 4. The third-order valence-electron chi connectivity index (χ3n) is 2.07. The summed E-state index contributed by atoms with van der Waals surface area (Å²) in [4.78, 5) is 22.1. The van der Waals surface area contributed by atoms with Gasteiger partial charge in [-0.25, -0.2) is 0 Å². The second kappa shape index (κ2) is 6.73. The van der Waals surface area contributed by atoms with Gasteiger partial charge >= 0.3 is 12.1 Å². The van der Waals surface area contributed by atoms with Crippen LogP contribution in [-0.2, 0) is 4.79 Å². The van der Waals surface area contributed by atoms with Gasteiger partial charge in [0.1, 0.15) is 0 Å². The average molecular weight is 386 g/mol. The maximum atomic E-state index is 11.9. The van der Waals surface area contributed by atoms with Crippen molar-refractivity contribution in [3.05, 3.63) is 33.4 Å². The van der Waals surface area contributed by atoms with Gasteiger partial charge in [0.25, 0.3) is 5.91 Å². The molecule has 2 amide bonds. The Morgan fingerprint density at radius 1 is 1.11 bits per heavy atom. The van der Waals surface area contributed by atoms with Crippen molar-refractivity contribution >= 4 is 34.4 Å². The molecule has 0 aromatic heterocycles. The third-order valence-corrected chi connectivity index (χ3v) is 3.01. The van der Waals surface area contributed by atoms with Crippen LogP contribution in [-0.4, -0.2) is 31.1 Å². The number of carbonyl (C=O) groups is 2. The fraction of sp³-hybridized carbons (Fsp3) is 0.273. The molecule has 0 radical (unpaired) electrons. The first-order valence-electron chi connectivity index (χ1n) is 5.20. The summed E-state index contributed by atoms with van der Waals surface area (Å²) in [5.41, 5.74) is 0.435. The van der Waals surface area contributed by atoms with Gasteiger partial charge in [-0.15, -0.1) is 0 Å². The highest BCUT2D eigenvalue weighted by molar-refractivity contribution is 14.1. The Labute approximate surface area is 120 Å². The first-order chi connectivity index (χ1) is 8.82. The Kier molecular flexibility index (Phi) is 5.58. The van der Waals surface area contributed by atoms with Crippen molar-refractivity contribution in [2.45, 2.75) is 6.18 Å². The lowest BCUT2D eigenvalue weighted by Gasteiger charge is -2.09. The summed E-state index contributed by atoms with van der Waals surface area (Å²) in [6, 6.07) is 6.79. The molecule has 0 aliphatic heterocycles. The minimum absolute atomic E-state index is 0.0778. The predicted molar refractivity (Wildman–Crippen MR) is 70.6 cm³/mol. The molecule has 4 nitrogen and oxygen atoms in total. The number of rotatable bonds is 4. The van der Waals surface area contributed by atoms with Crippen LogP contribution >= 0.6 is 22.6 Å². The van der Waals surface area contributed by atoms with E-state index in [0.717, 1.165) is 3.57 Å². The molecule has 104 valence electrons. The molecule has 0 aliphatic carbocycles. The third kappa shape index (κ3) is 5.05. The van der Waals surface area contributed by atoms with Gasteiger partial charge < -0.3 is 10.6 Å². The minimum Gasteiger partial charge on any atom is -0.350 e. The second-order valence-electron chi connectivity index (χ2n) is 3.49. The van der Waals surface area contributed by atoms with Crippen LogP contribution < -0.4 is 10.6 Å². The van der Waals surface area contributed by atoms with Crippen molar-refractivity contribution in [3.63, 3.8) is 0 Å². The minimum atomic E-state index is -4.90. The van der Waals surface area contributed by atoms with Crippen molar-refractivity contribution in [3.8, 4) is 0 Å². The molecule has 1 rings (SSSR count). The molecule has 1 aromatic carbocycles. The van der Waals surface area contributed by atoms with Crippen LogP contribution in [0.4, 0.5) is 13.2 Å². The summed E-state index contributed by atoms with van der Waals surface area (Å²) in [7, 11) is 0. The molecule has 0 atom stereocenters. The van der Waals surface area contributed by atoms with E-state index in [-0.39, 0.29) is 13.1 Å². The normalized spacial score (nSPS) is 10.9. The molecule has 0 spiro atoms. The lowest BCUT2D eigenvalue weighted by molar-refractivity contribution is -0.173. The van der Waals surface area contributed by atoms with Crippen LogP contribution in [0.2, 0.25) is 0 Å². The molecule has 0 aliphatic rings. The van der Waals surface area contributed by atoms with E-state index in [9.17, 15) is 22.8 Å². The topological polar surface area (TPSA) is 58.2 Å². The number of hydrogen-bond donors (Lipinski definition) is 2. The fourth-order valence-electron chi connectivity index (χ4n) is 1.19. The standard InChI is InChI=1S/C11H10F3IN2O2/c12-11(13,14)10(19)17-6-5-16-9(18)7-3-1-2-4-8(7)15/h1-4H,5-6H2,(H,16,18)(H,17,19). The molecule has 0 fully saturated rings. The Bertz CT molecular complexity index is 477. The summed E-state index contributed by atoms with van der Waals surface area (Å²) >= 11 is 1.98. The highest BCUT2D eigenvalue weighted by atomic mass is 127. The molecule has 8 heteroatoms. The number of carbonyl (C=O) groups excluding carboxylic acids is 2. The van der Waals surface area contributed by atoms with Crippen LogP contribution in [0.3, 0.4) is 0 Å². The Morgan fingerprint density at radius 2 is 1.68 bits per heavy atom. The highest BCUT2D eigenvalue weighted by Crippen LogP contribution is 2.13. The van der Waals surface area contributed by atoms with E-state index in [0.29, 0.717) is 5.56 Å². The van der Waals surface area contributed by atoms with Crippen LogP contribution in [0.5, 0.6) is 0 Å².